The van der Waals surface area contributed by atoms with Crippen molar-refractivity contribution in [1.29, 1.82) is 0 Å². The summed E-state index contributed by atoms with van der Waals surface area (Å²) in [6.45, 7) is 8.61. The highest BCUT2D eigenvalue weighted by molar-refractivity contribution is 6.15. The minimum Gasteiger partial charge on any atom is -0.353 e. The molecule has 25 heavy (non-hydrogen) atoms. The van der Waals surface area contributed by atoms with Gasteiger partial charge >= 0.3 is 0 Å². The average molecular weight is 351 g/mol. The normalized spacial score (nSPS) is 34.8. The van der Waals surface area contributed by atoms with Gasteiger partial charge < -0.3 is 4.74 Å². The Morgan fingerprint density at radius 2 is 2.04 bits per heavy atom. The first-order valence-electron chi connectivity index (χ1n) is 9.14. The first kappa shape index (κ1) is 18.5. The number of ether oxygens (including phenoxy) is 1. The summed E-state index contributed by atoms with van der Waals surface area (Å²) in [5.41, 5.74) is 0.281. The summed E-state index contributed by atoms with van der Waals surface area (Å²) in [5, 5.41) is 0. The minimum absolute atomic E-state index is 0.0882. The van der Waals surface area contributed by atoms with E-state index < -0.39 is 6.29 Å². The summed E-state index contributed by atoms with van der Waals surface area (Å²) in [4.78, 5) is 36.6. The molecule has 4 aliphatic rings. The van der Waals surface area contributed by atoms with Crippen LogP contribution in [0.4, 0.5) is 0 Å². The van der Waals surface area contributed by atoms with Crippen molar-refractivity contribution in [2.75, 3.05) is 13.7 Å². The number of rotatable bonds is 7. The van der Waals surface area contributed by atoms with Gasteiger partial charge in [-0.2, -0.15) is 0 Å². The molecule has 4 rings (SSSR count). The van der Waals surface area contributed by atoms with Gasteiger partial charge in [0.25, 0.3) is 11.8 Å². The van der Waals surface area contributed by atoms with Crippen LogP contribution in [-0.2, 0) is 24.1 Å². The standard InChI is InChI=1S/C19H29NO5/c1-12-10-15(21)20(17(12)22)9-8-16(23-5)24-25-19-11-14(18(19,3)4)7-6-13(19)2/h10,13-14,16H,6-9,11H2,1-5H3. The van der Waals surface area contributed by atoms with Gasteiger partial charge in [-0.15, -0.1) is 0 Å². The van der Waals surface area contributed by atoms with Gasteiger partial charge in [-0.05, 0) is 38.0 Å². The summed E-state index contributed by atoms with van der Waals surface area (Å²) < 4.78 is 5.35. The van der Waals surface area contributed by atoms with E-state index in [-0.39, 0.29) is 29.4 Å². The molecule has 0 aromatic carbocycles. The largest absolute Gasteiger partial charge is 0.353 e. The maximum Gasteiger partial charge on any atom is 0.256 e. The molecule has 4 unspecified atom stereocenters. The van der Waals surface area contributed by atoms with Gasteiger partial charge in [0.2, 0.25) is 0 Å². The highest BCUT2D eigenvalue weighted by Gasteiger charge is 2.67. The summed E-state index contributed by atoms with van der Waals surface area (Å²) in [6, 6.07) is 0. The van der Waals surface area contributed by atoms with Crippen molar-refractivity contribution in [1.82, 2.24) is 4.90 Å². The van der Waals surface area contributed by atoms with E-state index in [9.17, 15) is 9.59 Å². The number of carbonyl (C=O) groups is 2. The Bertz CT molecular complexity index is 599. The highest BCUT2D eigenvalue weighted by Crippen LogP contribution is 2.65. The third kappa shape index (κ3) is 2.84. The van der Waals surface area contributed by atoms with Gasteiger partial charge in [-0.25, -0.2) is 9.78 Å². The van der Waals surface area contributed by atoms with Crippen molar-refractivity contribution >= 4 is 11.8 Å². The van der Waals surface area contributed by atoms with Crippen molar-refractivity contribution in [2.24, 2.45) is 17.3 Å². The van der Waals surface area contributed by atoms with E-state index in [1.54, 1.807) is 14.0 Å². The molecule has 1 aliphatic heterocycles. The van der Waals surface area contributed by atoms with Crippen LogP contribution in [0, 0.1) is 17.3 Å². The van der Waals surface area contributed by atoms with E-state index in [2.05, 4.69) is 20.8 Å². The fourth-order valence-electron chi connectivity index (χ4n) is 4.73. The molecule has 1 heterocycles. The summed E-state index contributed by atoms with van der Waals surface area (Å²) in [6.07, 6.45) is 4.55. The molecule has 0 spiro atoms. The van der Waals surface area contributed by atoms with E-state index in [0.717, 1.165) is 12.8 Å². The molecule has 3 fully saturated rings. The molecule has 6 heteroatoms. The first-order valence-corrected chi connectivity index (χ1v) is 9.14. The lowest BCUT2D eigenvalue weighted by Crippen LogP contribution is -2.68. The fourth-order valence-corrected chi connectivity index (χ4v) is 4.73. The topological polar surface area (TPSA) is 65.1 Å². The number of hydrogen-bond donors (Lipinski definition) is 0. The first-order chi connectivity index (χ1) is 11.7. The molecule has 0 N–H and O–H groups in total. The van der Waals surface area contributed by atoms with Crippen molar-refractivity contribution in [3.8, 4) is 0 Å². The summed E-state index contributed by atoms with van der Waals surface area (Å²) in [5.74, 6) is 0.588. The second-order valence-electron chi connectivity index (χ2n) is 8.25. The van der Waals surface area contributed by atoms with E-state index in [1.165, 1.54) is 17.4 Å². The zero-order valence-electron chi connectivity index (χ0n) is 15.8. The number of carbonyl (C=O) groups excluding carboxylic acids is 2. The zero-order valence-corrected chi connectivity index (χ0v) is 15.8. The molecular formula is C19H29NO5. The molecule has 0 aromatic rings. The predicted octanol–water partition coefficient (Wildman–Crippen LogP) is 2.83. The van der Waals surface area contributed by atoms with Gasteiger partial charge in [-0.1, -0.05) is 20.8 Å². The van der Waals surface area contributed by atoms with Crippen LogP contribution >= 0.6 is 0 Å². The van der Waals surface area contributed by atoms with Crippen LogP contribution in [0.15, 0.2) is 11.6 Å². The number of hydrogen-bond acceptors (Lipinski definition) is 5. The second-order valence-corrected chi connectivity index (χ2v) is 8.25. The average Bonchev–Trinajstić information content (AvgIpc) is 2.81. The van der Waals surface area contributed by atoms with E-state index >= 15 is 0 Å². The lowest BCUT2D eigenvalue weighted by Gasteiger charge is -2.66. The van der Waals surface area contributed by atoms with Crippen LogP contribution in [-0.4, -0.2) is 42.3 Å². The maximum absolute atomic E-state index is 11.9. The number of fused-ring (bicyclic) bond motifs is 2. The zero-order chi connectivity index (χ0) is 18.4. The Kier molecular flexibility index (Phi) is 4.81. The van der Waals surface area contributed by atoms with E-state index in [0.29, 0.717) is 23.8 Å². The van der Waals surface area contributed by atoms with Gasteiger partial charge in [-0.3, -0.25) is 14.5 Å². The van der Waals surface area contributed by atoms with Crippen molar-refractivity contribution in [3.63, 3.8) is 0 Å². The Balaban J connectivity index is 1.55. The number of nitrogens with zero attached hydrogens (tertiary/aromatic N) is 1. The maximum atomic E-state index is 11.9. The van der Waals surface area contributed by atoms with Crippen molar-refractivity contribution in [3.05, 3.63) is 11.6 Å². The van der Waals surface area contributed by atoms with Gasteiger partial charge in [0.05, 0.1) is 0 Å². The Morgan fingerprint density at radius 1 is 1.32 bits per heavy atom. The third-order valence-electron chi connectivity index (χ3n) is 6.75. The molecule has 0 radical (unpaired) electrons. The number of amides is 2. The SMILES string of the molecule is COC(CCN1C(=O)C=C(C)C1=O)OOC12CC(CCC1C)C2(C)C. The molecule has 2 bridgehead atoms. The van der Waals surface area contributed by atoms with Crippen LogP contribution in [0.1, 0.15) is 53.4 Å². The molecule has 140 valence electrons. The molecular weight excluding hydrogens is 322 g/mol. The fraction of sp³-hybridized carbons (Fsp3) is 0.789. The predicted molar refractivity (Wildman–Crippen MR) is 91.1 cm³/mol. The molecule has 2 amide bonds. The Morgan fingerprint density at radius 3 is 2.56 bits per heavy atom. The highest BCUT2D eigenvalue weighted by atomic mass is 17.2. The van der Waals surface area contributed by atoms with Crippen molar-refractivity contribution in [2.45, 2.75) is 65.3 Å². The van der Waals surface area contributed by atoms with Crippen LogP contribution in [0.5, 0.6) is 0 Å². The van der Waals surface area contributed by atoms with Crippen LogP contribution in [0.25, 0.3) is 0 Å². The molecule has 3 saturated carbocycles. The molecule has 0 saturated heterocycles. The smallest absolute Gasteiger partial charge is 0.256 e. The molecule has 6 nitrogen and oxygen atoms in total. The minimum atomic E-state index is -0.611. The molecule has 0 aromatic heterocycles. The lowest BCUT2D eigenvalue weighted by molar-refractivity contribution is -0.480. The van der Waals surface area contributed by atoms with Crippen LogP contribution in [0.3, 0.4) is 0 Å². The van der Waals surface area contributed by atoms with Crippen molar-refractivity contribution < 1.29 is 24.1 Å². The molecule has 4 atom stereocenters. The quantitative estimate of drug-likeness (QED) is 0.305. The number of methoxy groups -OCH3 is 1. The van der Waals surface area contributed by atoms with Crippen LogP contribution in [0.2, 0.25) is 0 Å². The lowest BCUT2D eigenvalue weighted by atomic mass is 9.43. The van der Waals surface area contributed by atoms with E-state index in [4.69, 9.17) is 14.5 Å². The van der Waals surface area contributed by atoms with E-state index in [1.807, 2.05) is 0 Å². The summed E-state index contributed by atoms with van der Waals surface area (Å²) in [7, 11) is 1.54. The summed E-state index contributed by atoms with van der Waals surface area (Å²) >= 11 is 0. The monoisotopic (exact) mass is 351 g/mol. The van der Waals surface area contributed by atoms with Gasteiger partial charge in [0.1, 0.15) is 5.60 Å². The molecule has 3 aliphatic carbocycles. The Labute approximate surface area is 149 Å². The second kappa shape index (κ2) is 6.49. The number of imide groups is 1. The Hall–Kier alpha value is -1.24. The van der Waals surface area contributed by atoms with Gasteiger partial charge in [0.15, 0.2) is 6.29 Å². The van der Waals surface area contributed by atoms with Gasteiger partial charge in [0, 0.05) is 37.1 Å². The van der Waals surface area contributed by atoms with Crippen LogP contribution < -0.4 is 0 Å². The third-order valence-corrected chi connectivity index (χ3v) is 6.75.